The van der Waals surface area contributed by atoms with Gasteiger partial charge in [-0.05, 0) is 12.8 Å². The molecule has 0 rings (SSSR count). The molecule has 63 valence electrons. The van der Waals surface area contributed by atoms with Crippen LogP contribution in [-0.4, -0.2) is 12.7 Å². The average molecular weight is 155 g/mol. The standard InChI is InChI=1S/C8H16BO2/c1-2-3-4-5-6-7-8-11-9-10/h7-8,10H,2-6H2,1H3. The van der Waals surface area contributed by atoms with Crippen LogP contribution in [0.4, 0.5) is 0 Å². The van der Waals surface area contributed by atoms with E-state index in [9.17, 15) is 0 Å². The molecule has 1 N–H and O–H groups in total. The highest BCUT2D eigenvalue weighted by atomic mass is 16.5. The zero-order chi connectivity index (χ0) is 8.36. The summed E-state index contributed by atoms with van der Waals surface area (Å²) in [6, 6.07) is 0. The highest BCUT2D eigenvalue weighted by molar-refractivity contribution is 6.16. The Labute approximate surface area is 69.6 Å². The second kappa shape index (κ2) is 9.56. The Morgan fingerprint density at radius 3 is 2.82 bits per heavy atom. The van der Waals surface area contributed by atoms with Gasteiger partial charge < -0.3 is 9.68 Å². The fourth-order valence-electron chi connectivity index (χ4n) is 0.848. The third-order valence-corrected chi connectivity index (χ3v) is 1.46. The van der Waals surface area contributed by atoms with Crippen molar-refractivity contribution >= 4 is 7.69 Å². The average Bonchev–Trinajstić information content (AvgIpc) is 2.03. The zero-order valence-corrected chi connectivity index (χ0v) is 7.12. The highest BCUT2D eigenvalue weighted by Crippen LogP contribution is 2.02. The molecule has 0 spiro atoms. The molecule has 0 atom stereocenters. The maximum absolute atomic E-state index is 8.11. The van der Waals surface area contributed by atoms with E-state index < -0.39 is 0 Å². The molecule has 1 radical (unpaired) electrons. The van der Waals surface area contributed by atoms with E-state index in [4.69, 9.17) is 5.02 Å². The predicted molar refractivity (Wildman–Crippen MR) is 47.0 cm³/mol. The minimum absolute atomic E-state index is 0.683. The summed E-state index contributed by atoms with van der Waals surface area (Å²) in [5.41, 5.74) is 0. The molecule has 0 bridgehead atoms. The van der Waals surface area contributed by atoms with Crippen LogP contribution in [0, 0.1) is 0 Å². The lowest BCUT2D eigenvalue weighted by Crippen LogP contribution is -1.87. The first-order valence-corrected chi connectivity index (χ1v) is 4.18. The SMILES string of the molecule is CCCCCCC=CO[B]O. The number of allylic oxidation sites excluding steroid dienone is 1. The van der Waals surface area contributed by atoms with Gasteiger partial charge in [-0.15, -0.1) is 0 Å². The maximum Gasteiger partial charge on any atom is 0.568 e. The Morgan fingerprint density at radius 1 is 1.36 bits per heavy atom. The van der Waals surface area contributed by atoms with Crippen LogP contribution in [0.2, 0.25) is 0 Å². The lowest BCUT2D eigenvalue weighted by molar-refractivity contribution is 0.404. The lowest BCUT2D eigenvalue weighted by Gasteiger charge is -1.94. The van der Waals surface area contributed by atoms with Crippen LogP contribution in [0.25, 0.3) is 0 Å². The van der Waals surface area contributed by atoms with Crippen molar-refractivity contribution in [2.45, 2.75) is 39.0 Å². The van der Waals surface area contributed by atoms with Gasteiger partial charge >= 0.3 is 7.69 Å². The van der Waals surface area contributed by atoms with E-state index in [1.165, 1.54) is 31.9 Å². The Morgan fingerprint density at radius 2 is 2.18 bits per heavy atom. The highest BCUT2D eigenvalue weighted by Gasteiger charge is 1.84. The number of hydrogen-bond donors (Lipinski definition) is 1. The molecule has 0 aromatic rings. The molecule has 0 unspecified atom stereocenters. The van der Waals surface area contributed by atoms with E-state index in [-0.39, 0.29) is 0 Å². The fourth-order valence-corrected chi connectivity index (χ4v) is 0.848. The normalized spacial score (nSPS) is 10.4. The molecular weight excluding hydrogens is 139 g/mol. The zero-order valence-electron chi connectivity index (χ0n) is 7.12. The van der Waals surface area contributed by atoms with Gasteiger partial charge in [-0.2, -0.15) is 0 Å². The number of rotatable bonds is 7. The number of unbranched alkanes of at least 4 members (excludes halogenated alkanes) is 4. The van der Waals surface area contributed by atoms with Crippen LogP contribution < -0.4 is 0 Å². The second-order valence-electron chi connectivity index (χ2n) is 2.46. The molecule has 0 aliphatic rings. The Kier molecular flexibility index (Phi) is 9.19. The van der Waals surface area contributed by atoms with Gasteiger partial charge in [0.2, 0.25) is 0 Å². The molecule has 0 saturated carbocycles. The van der Waals surface area contributed by atoms with Gasteiger partial charge in [0, 0.05) is 0 Å². The summed E-state index contributed by atoms with van der Waals surface area (Å²) < 4.78 is 4.49. The molecule has 0 aliphatic carbocycles. The van der Waals surface area contributed by atoms with E-state index in [2.05, 4.69) is 11.6 Å². The molecule has 0 fully saturated rings. The number of hydrogen-bond acceptors (Lipinski definition) is 2. The van der Waals surface area contributed by atoms with Crippen molar-refractivity contribution < 1.29 is 9.68 Å². The van der Waals surface area contributed by atoms with Crippen LogP contribution in [0.3, 0.4) is 0 Å². The topological polar surface area (TPSA) is 29.5 Å². The van der Waals surface area contributed by atoms with Crippen LogP contribution in [0.15, 0.2) is 12.3 Å². The summed E-state index contributed by atoms with van der Waals surface area (Å²) >= 11 is 0. The van der Waals surface area contributed by atoms with Gasteiger partial charge in [0.25, 0.3) is 0 Å². The first-order valence-electron chi connectivity index (χ1n) is 4.18. The summed E-state index contributed by atoms with van der Waals surface area (Å²) in [4.78, 5) is 0. The van der Waals surface area contributed by atoms with Crippen molar-refractivity contribution in [3.63, 3.8) is 0 Å². The van der Waals surface area contributed by atoms with Crippen LogP contribution >= 0.6 is 0 Å². The predicted octanol–water partition coefficient (Wildman–Crippen LogP) is 2.01. The largest absolute Gasteiger partial charge is 0.568 e. The molecule has 0 aromatic carbocycles. The fraction of sp³-hybridized carbons (Fsp3) is 0.750. The summed E-state index contributed by atoms with van der Waals surface area (Å²) in [7, 11) is 0.683. The molecule has 0 saturated heterocycles. The molecule has 0 amide bonds. The van der Waals surface area contributed by atoms with Crippen molar-refractivity contribution in [2.75, 3.05) is 0 Å². The van der Waals surface area contributed by atoms with Gasteiger partial charge in [-0.3, -0.25) is 0 Å². The third-order valence-electron chi connectivity index (χ3n) is 1.46. The lowest BCUT2D eigenvalue weighted by atomic mass is 10.1. The monoisotopic (exact) mass is 155 g/mol. The molecule has 0 aromatic heterocycles. The van der Waals surface area contributed by atoms with Gasteiger partial charge in [0.05, 0.1) is 6.26 Å². The second-order valence-corrected chi connectivity index (χ2v) is 2.46. The summed E-state index contributed by atoms with van der Waals surface area (Å²) in [6.45, 7) is 2.19. The summed E-state index contributed by atoms with van der Waals surface area (Å²) in [5.74, 6) is 0. The molecule has 2 nitrogen and oxygen atoms in total. The molecule has 0 heterocycles. The molecule has 3 heteroatoms. The van der Waals surface area contributed by atoms with Crippen molar-refractivity contribution in [1.29, 1.82) is 0 Å². The van der Waals surface area contributed by atoms with Crippen LogP contribution in [0.1, 0.15) is 39.0 Å². The van der Waals surface area contributed by atoms with Crippen molar-refractivity contribution in [3.8, 4) is 0 Å². The first kappa shape index (κ1) is 10.6. The van der Waals surface area contributed by atoms with E-state index in [1.54, 1.807) is 0 Å². The minimum atomic E-state index is 0.683. The van der Waals surface area contributed by atoms with Crippen molar-refractivity contribution in [2.24, 2.45) is 0 Å². The van der Waals surface area contributed by atoms with E-state index in [1.807, 2.05) is 6.08 Å². The molecule has 0 aliphatic heterocycles. The Bertz CT molecular complexity index is 94.1. The van der Waals surface area contributed by atoms with Crippen LogP contribution in [-0.2, 0) is 4.65 Å². The molecular formula is C8H16BO2. The summed E-state index contributed by atoms with van der Waals surface area (Å²) in [5, 5.41) is 8.11. The van der Waals surface area contributed by atoms with E-state index >= 15 is 0 Å². The first-order chi connectivity index (χ1) is 5.41. The van der Waals surface area contributed by atoms with Gasteiger partial charge in [-0.25, -0.2) is 0 Å². The Balaban J connectivity index is 2.89. The van der Waals surface area contributed by atoms with Crippen LogP contribution in [0.5, 0.6) is 0 Å². The maximum atomic E-state index is 8.11. The van der Waals surface area contributed by atoms with Crippen molar-refractivity contribution in [3.05, 3.63) is 12.3 Å². The quantitative estimate of drug-likeness (QED) is 0.346. The van der Waals surface area contributed by atoms with E-state index in [0.717, 1.165) is 6.42 Å². The molecule has 11 heavy (non-hydrogen) atoms. The van der Waals surface area contributed by atoms with E-state index in [0.29, 0.717) is 7.69 Å². The minimum Gasteiger partial charge on any atom is -0.544 e. The Hall–Kier alpha value is -0.435. The smallest absolute Gasteiger partial charge is 0.544 e. The summed E-state index contributed by atoms with van der Waals surface area (Å²) in [6.07, 6.45) is 9.52. The van der Waals surface area contributed by atoms with Gasteiger partial charge in [0.15, 0.2) is 0 Å². The third kappa shape index (κ3) is 9.56. The van der Waals surface area contributed by atoms with Gasteiger partial charge in [0.1, 0.15) is 0 Å². The van der Waals surface area contributed by atoms with Gasteiger partial charge in [-0.1, -0.05) is 32.3 Å². The van der Waals surface area contributed by atoms with Crippen molar-refractivity contribution in [1.82, 2.24) is 0 Å².